The Morgan fingerprint density at radius 1 is 1.28 bits per heavy atom. The average Bonchev–Trinajstić information content (AvgIpc) is 2.27. The second-order valence-corrected chi connectivity index (χ2v) is 5.17. The first-order valence-corrected chi connectivity index (χ1v) is 6.35. The molecule has 0 fully saturated rings. The van der Waals surface area contributed by atoms with Gasteiger partial charge in [0.15, 0.2) is 0 Å². The highest BCUT2D eigenvalue weighted by molar-refractivity contribution is 7.90. The Balaban J connectivity index is 2.73. The number of fused-ring (bicyclic) bond motifs is 1. The summed E-state index contributed by atoms with van der Waals surface area (Å²) in [5, 5.41) is 0.491. The zero-order valence-corrected chi connectivity index (χ0v) is 9.94. The van der Waals surface area contributed by atoms with E-state index in [1.807, 2.05) is 0 Å². The van der Waals surface area contributed by atoms with Crippen molar-refractivity contribution in [2.24, 2.45) is 5.73 Å². The maximum absolute atomic E-state index is 11.9. The van der Waals surface area contributed by atoms with Gasteiger partial charge in [0.25, 0.3) is 10.0 Å². The summed E-state index contributed by atoms with van der Waals surface area (Å²) in [5.41, 5.74) is 11.1. The van der Waals surface area contributed by atoms with Gasteiger partial charge in [-0.3, -0.25) is 4.98 Å². The molecule has 0 saturated heterocycles. The van der Waals surface area contributed by atoms with Gasteiger partial charge in [-0.15, -0.1) is 0 Å². The van der Waals surface area contributed by atoms with Crippen LogP contribution in [-0.4, -0.2) is 19.4 Å². The number of nitrogens with one attached hydrogen (secondary N) is 1. The Bertz CT molecular complexity index is 727. The summed E-state index contributed by atoms with van der Waals surface area (Å²) in [6, 6.07) is 4.82. The van der Waals surface area contributed by atoms with E-state index in [2.05, 4.69) is 4.98 Å². The zero-order chi connectivity index (χ0) is 13.3. The summed E-state index contributed by atoms with van der Waals surface area (Å²) in [6.07, 6.45) is 1.44. The third-order valence-corrected chi connectivity index (χ3v) is 3.67. The molecule has 0 saturated carbocycles. The van der Waals surface area contributed by atoms with Crippen molar-refractivity contribution in [1.82, 2.24) is 9.71 Å². The van der Waals surface area contributed by atoms with Gasteiger partial charge in [-0.25, -0.2) is 17.9 Å². The summed E-state index contributed by atoms with van der Waals surface area (Å²) in [6.45, 7) is 0. The summed E-state index contributed by atoms with van der Waals surface area (Å²) in [4.78, 5) is 14.5. The second-order valence-electron chi connectivity index (χ2n) is 3.52. The number of carbonyl (C=O) groups is 1. The molecule has 0 bridgehead atoms. The van der Waals surface area contributed by atoms with Gasteiger partial charge < -0.3 is 11.5 Å². The van der Waals surface area contributed by atoms with Crippen molar-refractivity contribution >= 4 is 32.6 Å². The van der Waals surface area contributed by atoms with Gasteiger partial charge in [0.1, 0.15) is 4.90 Å². The van der Waals surface area contributed by atoms with E-state index in [1.54, 1.807) is 16.9 Å². The minimum absolute atomic E-state index is 0.147. The highest BCUT2D eigenvalue weighted by atomic mass is 32.2. The van der Waals surface area contributed by atoms with E-state index in [0.29, 0.717) is 11.1 Å². The molecule has 0 radical (unpaired) electrons. The number of urea groups is 1. The fraction of sp³-hybridized carbons (Fsp3) is 0. The molecule has 5 N–H and O–H groups in total. The predicted octanol–water partition coefficient (Wildman–Crippen LogP) is 0.174. The Hall–Kier alpha value is -2.35. The highest BCUT2D eigenvalue weighted by Crippen LogP contribution is 2.25. The maximum atomic E-state index is 11.9. The van der Waals surface area contributed by atoms with E-state index in [4.69, 9.17) is 11.5 Å². The van der Waals surface area contributed by atoms with Crippen molar-refractivity contribution in [3.63, 3.8) is 0 Å². The molecule has 0 spiro atoms. The van der Waals surface area contributed by atoms with E-state index in [1.165, 1.54) is 18.3 Å². The van der Waals surface area contributed by atoms with E-state index >= 15 is 0 Å². The highest BCUT2D eigenvalue weighted by Gasteiger charge is 2.20. The second kappa shape index (κ2) is 4.15. The van der Waals surface area contributed by atoms with Gasteiger partial charge in [0.05, 0.1) is 5.52 Å². The van der Waals surface area contributed by atoms with Crippen LogP contribution in [0.25, 0.3) is 10.9 Å². The standard InChI is InChI=1S/C10H10N4O3S/c11-7-3-4-8(18(16,17)14-10(12)15)9-6(7)2-1-5-13-9/h1-5H,11H2,(H3,12,14,15). The number of nitrogens with zero attached hydrogens (tertiary/aromatic N) is 1. The summed E-state index contributed by atoms with van der Waals surface area (Å²) in [5.74, 6) is 0. The number of hydrogen-bond acceptors (Lipinski definition) is 5. The zero-order valence-electron chi connectivity index (χ0n) is 9.12. The van der Waals surface area contributed by atoms with Crippen LogP contribution in [0.15, 0.2) is 35.4 Å². The number of rotatable bonds is 2. The summed E-state index contributed by atoms with van der Waals surface area (Å²) in [7, 11) is -4.05. The number of aromatic nitrogens is 1. The molecule has 0 aliphatic heterocycles. The number of nitrogen functional groups attached to an aromatic ring is 1. The molecule has 2 rings (SSSR count). The number of nitrogens with two attached hydrogens (primary N) is 2. The van der Waals surface area contributed by atoms with Crippen molar-refractivity contribution in [3.8, 4) is 0 Å². The summed E-state index contributed by atoms with van der Waals surface area (Å²) < 4.78 is 25.4. The van der Waals surface area contributed by atoms with Crippen LogP contribution in [0.4, 0.5) is 10.5 Å². The molecule has 2 aromatic rings. The van der Waals surface area contributed by atoms with Crippen molar-refractivity contribution in [3.05, 3.63) is 30.5 Å². The van der Waals surface area contributed by atoms with Gasteiger partial charge in [0, 0.05) is 17.3 Å². The minimum atomic E-state index is -4.05. The van der Waals surface area contributed by atoms with Crippen LogP contribution in [-0.2, 0) is 10.0 Å². The minimum Gasteiger partial charge on any atom is -0.398 e. The number of primary amides is 1. The lowest BCUT2D eigenvalue weighted by atomic mass is 10.2. The molecule has 1 aromatic heterocycles. The van der Waals surface area contributed by atoms with E-state index < -0.39 is 16.1 Å². The number of hydrogen-bond donors (Lipinski definition) is 3. The van der Waals surface area contributed by atoms with Gasteiger partial charge in [0.2, 0.25) is 0 Å². The van der Waals surface area contributed by atoms with E-state index in [-0.39, 0.29) is 10.4 Å². The van der Waals surface area contributed by atoms with Crippen molar-refractivity contribution in [1.29, 1.82) is 0 Å². The van der Waals surface area contributed by atoms with Crippen molar-refractivity contribution in [2.75, 3.05) is 5.73 Å². The third kappa shape index (κ3) is 2.05. The first-order valence-electron chi connectivity index (χ1n) is 4.87. The third-order valence-electron chi connectivity index (χ3n) is 2.29. The molecule has 0 aliphatic rings. The first-order chi connectivity index (χ1) is 8.42. The lowest BCUT2D eigenvalue weighted by Crippen LogP contribution is -2.35. The van der Waals surface area contributed by atoms with Crippen LogP contribution in [0, 0.1) is 0 Å². The SMILES string of the molecule is NC(=O)NS(=O)(=O)c1ccc(N)c2cccnc12. The van der Waals surface area contributed by atoms with Crippen LogP contribution < -0.4 is 16.2 Å². The number of sulfonamides is 1. The van der Waals surface area contributed by atoms with Gasteiger partial charge >= 0.3 is 6.03 Å². The molecular formula is C10H10N4O3S. The fourth-order valence-corrected chi connectivity index (χ4v) is 2.61. The number of amides is 2. The molecular weight excluding hydrogens is 256 g/mol. The Morgan fingerprint density at radius 2 is 2.00 bits per heavy atom. The normalized spacial score (nSPS) is 11.3. The molecule has 0 unspecified atom stereocenters. The number of benzene rings is 1. The monoisotopic (exact) mass is 266 g/mol. The molecule has 0 aliphatic carbocycles. The predicted molar refractivity (Wildman–Crippen MR) is 66.1 cm³/mol. The lowest BCUT2D eigenvalue weighted by molar-refractivity contribution is 0.253. The lowest BCUT2D eigenvalue weighted by Gasteiger charge is -2.08. The Labute approximate surface area is 103 Å². The van der Waals surface area contributed by atoms with Crippen LogP contribution >= 0.6 is 0 Å². The molecule has 1 aromatic carbocycles. The van der Waals surface area contributed by atoms with Crippen LogP contribution in [0.3, 0.4) is 0 Å². The van der Waals surface area contributed by atoms with Gasteiger partial charge in [-0.1, -0.05) is 0 Å². The fourth-order valence-electron chi connectivity index (χ4n) is 1.57. The first kappa shape index (κ1) is 12.1. The molecule has 94 valence electrons. The molecule has 1 heterocycles. The molecule has 18 heavy (non-hydrogen) atoms. The molecule has 8 heteroatoms. The number of pyridine rings is 1. The van der Waals surface area contributed by atoms with Crippen LogP contribution in [0.2, 0.25) is 0 Å². The largest absolute Gasteiger partial charge is 0.398 e. The van der Waals surface area contributed by atoms with Crippen molar-refractivity contribution in [2.45, 2.75) is 4.90 Å². The topological polar surface area (TPSA) is 128 Å². The van der Waals surface area contributed by atoms with Gasteiger partial charge in [-0.2, -0.15) is 0 Å². The molecule has 0 atom stereocenters. The molecule has 7 nitrogen and oxygen atoms in total. The van der Waals surface area contributed by atoms with Crippen molar-refractivity contribution < 1.29 is 13.2 Å². The van der Waals surface area contributed by atoms with Gasteiger partial charge in [-0.05, 0) is 24.3 Å². The average molecular weight is 266 g/mol. The number of carbonyl (C=O) groups excluding carboxylic acids is 1. The quantitative estimate of drug-likeness (QED) is 0.667. The Morgan fingerprint density at radius 3 is 2.67 bits per heavy atom. The molecule has 2 amide bonds. The summed E-state index contributed by atoms with van der Waals surface area (Å²) >= 11 is 0. The number of anilines is 1. The Kier molecular flexibility index (Phi) is 2.79. The van der Waals surface area contributed by atoms with Crippen LogP contribution in [0.1, 0.15) is 0 Å². The maximum Gasteiger partial charge on any atom is 0.326 e. The van der Waals surface area contributed by atoms with E-state index in [0.717, 1.165) is 0 Å². The van der Waals surface area contributed by atoms with E-state index in [9.17, 15) is 13.2 Å². The van der Waals surface area contributed by atoms with Crippen LogP contribution in [0.5, 0.6) is 0 Å². The smallest absolute Gasteiger partial charge is 0.326 e.